The van der Waals surface area contributed by atoms with Crippen molar-refractivity contribution in [1.29, 1.82) is 0 Å². The fourth-order valence-electron chi connectivity index (χ4n) is 4.06. The van der Waals surface area contributed by atoms with E-state index in [1.54, 1.807) is 0 Å². The zero-order chi connectivity index (χ0) is 28.4. The molecule has 0 saturated heterocycles. The third kappa shape index (κ3) is 16.0. The van der Waals surface area contributed by atoms with Crippen molar-refractivity contribution in [3.8, 4) is 0 Å². The van der Waals surface area contributed by atoms with E-state index in [9.17, 15) is 0 Å². The number of pyridine rings is 2. The molecule has 0 amide bonds. The van der Waals surface area contributed by atoms with E-state index in [1.807, 2.05) is 64.1 Å². The Morgan fingerprint density at radius 2 is 0.651 bits per heavy atom. The summed E-state index contributed by atoms with van der Waals surface area (Å²) in [4.78, 5) is 27.5. The van der Waals surface area contributed by atoms with Gasteiger partial charge < -0.3 is 46.1 Å². The Kier molecular flexibility index (Phi) is 23.1. The van der Waals surface area contributed by atoms with Gasteiger partial charge in [-0.05, 0) is 52.0 Å². The average Bonchev–Trinajstić information content (AvgIpc) is 2.98. The van der Waals surface area contributed by atoms with E-state index in [1.165, 1.54) is 0 Å². The molecule has 0 aromatic carbocycles. The molecule has 0 aliphatic carbocycles. The van der Waals surface area contributed by atoms with Crippen LogP contribution in [0.15, 0.2) is 56.4 Å². The van der Waals surface area contributed by atoms with Crippen molar-refractivity contribution >= 4 is 22.8 Å². The van der Waals surface area contributed by atoms with Gasteiger partial charge >= 0.3 is 17.1 Å². The molecule has 237 valence electrons. The van der Waals surface area contributed by atoms with Crippen LogP contribution >= 0.6 is 0 Å². The van der Waals surface area contributed by atoms with Gasteiger partial charge in [-0.2, -0.15) is 0 Å². The van der Waals surface area contributed by atoms with Crippen LogP contribution in [0, 0.1) is 0 Å². The molecule has 0 fully saturated rings. The molecular formula is C30H46Cl2MnN10. The topological polar surface area (TPSA) is 123 Å². The van der Waals surface area contributed by atoms with Crippen molar-refractivity contribution < 1.29 is 41.9 Å². The Bertz CT molecular complexity index is 1010. The minimum absolute atomic E-state index is 0. The fourth-order valence-corrected chi connectivity index (χ4v) is 4.06. The molecule has 0 atom stereocenters. The Labute approximate surface area is 280 Å². The molecule has 4 bridgehead atoms. The smallest absolute Gasteiger partial charge is 1.00 e. The Balaban J connectivity index is 0.000000767. The predicted molar refractivity (Wildman–Crippen MR) is 168 cm³/mol. The van der Waals surface area contributed by atoms with Crippen LogP contribution in [-0.2, 0) is 17.1 Å². The average molecular weight is 673 g/mol. The molecule has 43 heavy (non-hydrogen) atoms. The first-order chi connectivity index (χ1) is 19.5. The van der Waals surface area contributed by atoms with Gasteiger partial charge in [-0.15, -0.1) is 0 Å². The number of hydrogen-bond acceptors (Lipinski definition) is 10. The maximum absolute atomic E-state index is 4.64. The number of fused-ring (bicyclic) bond motifs is 4. The van der Waals surface area contributed by atoms with E-state index in [0.29, 0.717) is 0 Å². The van der Waals surface area contributed by atoms with E-state index < -0.39 is 0 Å². The quantitative estimate of drug-likeness (QED) is 0.211. The van der Waals surface area contributed by atoms with Crippen LogP contribution in [0.25, 0.3) is 0 Å². The van der Waals surface area contributed by atoms with Crippen molar-refractivity contribution in [2.45, 2.75) is 27.7 Å². The molecule has 2 aromatic rings. The first-order valence-electron chi connectivity index (χ1n) is 14.4. The summed E-state index contributed by atoms with van der Waals surface area (Å²) < 4.78 is 0. The van der Waals surface area contributed by atoms with Crippen molar-refractivity contribution in [2.24, 2.45) is 20.0 Å². The van der Waals surface area contributed by atoms with Crippen LogP contribution in [0.2, 0.25) is 0 Å². The number of hydrogen-bond donors (Lipinski definition) is 4. The molecule has 0 spiro atoms. The van der Waals surface area contributed by atoms with E-state index in [-0.39, 0.29) is 41.9 Å². The molecule has 0 unspecified atom stereocenters. The summed E-state index contributed by atoms with van der Waals surface area (Å²) >= 11 is 0. The Morgan fingerprint density at radius 3 is 0.884 bits per heavy atom. The Hall–Kier alpha value is -2.08. The zero-order valence-electron chi connectivity index (χ0n) is 25.8. The number of halogens is 2. The third-order valence-electron chi connectivity index (χ3n) is 6.49. The van der Waals surface area contributed by atoms with Gasteiger partial charge in [0.2, 0.25) is 0 Å². The maximum Gasteiger partial charge on any atom is 2.00 e. The van der Waals surface area contributed by atoms with Crippen LogP contribution in [0.3, 0.4) is 0 Å². The first-order valence-corrected chi connectivity index (χ1v) is 14.4. The molecule has 13 heteroatoms. The molecule has 1 radical (unpaired) electrons. The molecule has 2 aromatic heterocycles. The standard InChI is InChI=1S/2C15H23N5.2ClH.Mn/c2*1-12-14-4-3-5-15(20-14)13(2)19-11-9-17-7-6-16-8-10-18-12;;;/h2*3-5,16-17H,6-11H2,1-2H3;2*1H;/q;;;;+2/p-2/b2*18-12+,19-13+;;;. The van der Waals surface area contributed by atoms with Gasteiger partial charge in [0.25, 0.3) is 0 Å². The van der Waals surface area contributed by atoms with E-state index in [2.05, 4.69) is 51.2 Å². The van der Waals surface area contributed by atoms with E-state index in [0.717, 1.165) is 124 Å². The third-order valence-corrected chi connectivity index (χ3v) is 6.49. The van der Waals surface area contributed by atoms with Crippen LogP contribution in [0.5, 0.6) is 0 Å². The number of nitrogens with one attached hydrogen (secondary N) is 4. The SMILES string of the molecule is C/C1=N\CCNCCNCC/N=C(\C)c2cccc1n2.C/C1=N\CCNCCNCC/N=C(\C)c2cccc1n2.[Cl-].[Cl-].[Mn+2]. The second-order valence-electron chi connectivity index (χ2n) is 9.68. The van der Waals surface area contributed by atoms with Gasteiger partial charge in [0.1, 0.15) is 0 Å². The zero-order valence-corrected chi connectivity index (χ0v) is 28.5. The van der Waals surface area contributed by atoms with Crippen LogP contribution in [0.4, 0.5) is 0 Å². The second kappa shape index (κ2) is 24.3. The van der Waals surface area contributed by atoms with Crippen molar-refractivity contribution in [2.75, 3.05) is 78.5 Å². The van der Waals surface area contributed by atoms with Gasteiger partial charge in [0.15, 0.2) is 0 Å². The summed E-state index contributed by atoms with van der Waals surface area (Å²) in [6, 6.07) is 12.0. The van der Waals surface area contributed by atoms with E-state index in [4.69, 9.17) is 0 Å². The molecule has 2 aliphatic heterocycles. The first kappa shape index (κ1) is 40.9. The Morgan fingerprint density at radius 1 is 0.419 bits per heavy atom. The molecule has 2 aliphatic rings. The van der Waals surface area contributed by atoms with E-state index >= 15 is 0 Å². The van der Waals surface area contributed by atoms with Crippen LogP contribution in [-0.4, -0.2) is 111 Å². The van der Waals surface area contributed by atoms with Gasteiger partial charge in [-0.25, -0.2) is 9.97 Å². The number of aromatic nitrogens is 2. The van der Waals surface area contributed by atoms with Crippen LogP contribution in [0.1, 0.15) is 50.5 Å². The van der Waals surface area contributed by atoms with Crippen molar-refractivity contribution in [1.82, 2.24) is 31.2 Å². The summed E-state index contributed by atoms with van der Waals surface area (Å²) in [5.74, 6) is 0. The number of rotatable bonds is 0. The van der Waals surface area contributed by atoms with Gasteiger partial charge in [-0.1, -0.05) is 12.1 Å². The summed E-state index contributed by atoms with van der Waals surface area (Å²) in [6.07, 6.45) is 0. The molecule has 4 rings (SSSR count). The molecule has 4 N–H and O–H groups in total. The van der Waals surface area contributed by atoms with Crippen molar-refractivity contribution in [3.63, 3.8) is 0 Å². The predicted octanol–water partition coefficient (Wildman–Crippen LogP) is -4.21. The maximum atomic E-state index is 4.64. The minimum Gasteiger partial charge on any atom is -1.00 e. The van der Waals surface area contributed by atoms with Gasteiger partial charge in [0, 0.05) is 52.4 Å². The summed E-state index contributed by atoms with van der Waals surface area (Å²) in [7, 11) is 0. The normalized spacial score (nSPS) is 22.0. The van der Waals surface area contributed by atoms with Crippen molar-refractivity contribution in [3.05, 3.63) is 59.2 Å². The molecule has 10 nitrogen and oxygen atoms in total. The van der Waals surface area contributed by atoms with Gasteiger partial charge in [0.05, 0.1) is 71.8 Å². The number of nitrogens with zero attached hydrogens (tertiary/aromatic N) is 6. The number of aliphatic imine (C=N–C) groups is 4. The summed E-state index contributed by atoms with van der Waals surface area (Å²) in [5, 5.41) is 13.5. The second-order valence-corrected chi connectivity index (χ2v) is 9.68. The summed E-state index contributed by atoms with van der Waals surface area (Å²) in [6.45, 7) is 18.6. The van der Waals surface area contributed by atoms with Gasteiger partial charge in [-0.3, -0.25) is 20.0 Å². The molecular weight excluding hydrogens is 626 g/mol. The minimum atomic E-state index is 0. The largest absolute Gasteiger partial charge is 2.00 e. The monoisotopic (exact) mass is 671 g/mol. The molecule has 0 saturated carbocycles. The molecule has 4 heterocycles. The summed E-state index contributed by atoms with van der Waals surface area (Å²) in [5.41, 5.74) is 7.66. The fraction of sp³-hybridized carbons (Fsp3) is 0.533. The van der Waals surface area contributed by atoms with Crippen LogP contribution < -0.4 is 46.1 Å².